The second-order valence-electron chi connectivity index (χ2n) is 4.91. The lowest BCUT2D eigenvalue weighted by molar-refractivity contribution is 0.0832. The molecule has 2 rings (SSSR count). The van der Waals surface area contributed by atoms with E-state index in [2.05, 4.69) is 4.72 Å². The van der Waals surface area contributed by atoms with Gasteiger partial charge in [0, 0.05) is 31.4 Å². The van der Waals surface area contributed by atoms with Gasteiger partial charge in [-0.2, -0.15) is 0 Å². The van der Waals surface area contributed by atoms with E-state index < -0.39 is 10.0 Å². The first-order valence-corrected chi connectivity index (χ1v) is 8.61. The molecule has 1 aliphatic heterocycles. The van der Waals surface area contributed by atoms with Gasteiger partial charge in [0.05, 0.1) is 11.5 Å². The quantitative estimate of drug-likeness (QED) is 0.817. The topological polar surface area (TPSA) is 90.7 Å². The number of rotatable bonds is 6. The summed E-state index contributed by atoms with van der Waals surface area (Å²) in [4.78, 5) is 0.220. The maximum atomic E-state index is 12.4. The van der Waals surface area contributed by atoms with Crippen molar-refractivity contribution in [1.29, 1.82) is 0 Å². The Morgan fingerprint density at radius 1 is 1.38 bits per heavy atom. The Morgan fingerprint density at radius 2 is 2.10 bits per heavy atom. The molecular weight excluding hydrogens is 292 g/mol. The van der Waals surface area contributed by atoms with Crippen LogP contribution in [-0.4, -0.2) is 34.3 Å². The lowest BCUT2D eigenvalue weighted by Gasteiger charge is -2.23. The lowest BCUT2D eigenvalue weighted by Crippen LogP contribution is -2.38. The summed E-state index contributed by atoms with van der Waals surface area (Å²) in [5.41, 5.74) is 6.35. The lowest BCUT2D eigenvalue weighted by atomic mass is 10.1. The fourth-order valence-corrected chi connectivity index (χ4v) is 3.64. The van der Waals surface area contributed by atoms with Crippen molar-refractivity contribution in [3.05, 3.63) is 23.8 Å². The maximum absolute atomic E-state index is 12.4. The van der Waals surface area contributed by atoms with Gasteiger partial charge in [-0.05, 0) is 38.0 Å². The van der Waals surface area contributed by atoms with E-state index in [1.54, 1.807) is 18.2 Å². The van der Waals surface area contributed by atoms with Gasteiger partial charge >= 0.3 is 0 Å². The highest BCUT2D eigenvalue weighted by molar-refractivity contribution is 7.89. The zero-order valence-corrected chi connectivity index (χ0v) is 13.0. The summed E-state index contributed by atoms with van der Waals surface area (Å²) in [6.07, 6.45) is 1.39. The van der Waals surface area contributed by atoms with Gasteiger partial charge in [0.2, 0.25) is 10.0 Å². The Kier molecular flexibility index (Phi) is 5.58. The van der Waals surface area contributed by atoms with E-state index >= 15 is 0 Å². The normalized spacial score (nSPS) is 16.9. The Balaban J connectivity index is 2.18. The van der Waals surface area contributed by atoms with Crippen LogP contribution in [0.3, 0.4) is 0 Å². The number of sulfonamides is 1. The molecule has 0 saturated carbocycles. The Labute approximate surface area is 125 Å². The van der Waals surface area contributed by atoms with Crippen molar-refractivity contribution < 1.29 is 17.9 Å². The predicted molar refractivity (Wildman–Crippen MR) is 79.7 cm³/mol. The molecule has 1 heterocycles. The van der Waals surface area contributed by atoms with Gasteiger partial charge in [-0.25, -0.2) is 13.1 Å². The highest BCUT2D eigenvalue weighted by Gasteiger charge is 2.22. The van der Waals surface area contributed by atoms with E-state index in [0.717, 1.165) is 0 Å². The van der Waals surface area contributed by atoms with Crippen molar-refractivity contribution in [1.82, 2.24) is 4.72 Å². The summed E-state index contributed by atoms with van der Waals surface area (Å²) >= 11 is 0. The second-order valence-corrected chi connectivity index (χ2v) is 6.63. The minimum Gasteiger partial charge on any atom is -0.494 e. The van der Waals surface area contributed by atoms with Crippen LogP contribution in [0.4, 0.5) is 0 Å². The molecule has 0 aromatic heterocycles. The zero-order chi connectivity index (χ0) is 15.3. The van der Waals surface area contributed by atoms with Gasteiger partial charge in [0.15, 0.2) is 0 Å². The number of hydrogen-bond acceptors (Lipinski definition) is 5. The molecule has 6 nitrogen and oxygen atoms in total. The molecule has 0 unspecified atom stereocenters. The molecule has 0 amide bonds. The van der Waals surface area contributed by atoms with E-state index in [-0.39, 0.29) is 17.5 Å². The Morgan fingerprint density at radius 3 is 2.71 bits per heavy atom. The second kappa shape index (κ2) is 7.22. The summed E-state index contributed by atoms with van der Waals surface area (Å²) in [5, 5.41) is 0. The molecule has 1 saturated heterocycles. The Bertz CT molecular complexity index is 568. The summed E-state index contributed by atoms with van der Waals surface area (Å²) in [5.74, 6) is 0.630. The third kappa shape index (κ3) is 4.16. The third-order valence-corrected chi connectivity index (χ3v) is 4.92. The van der Waals surface area contributed by atoms with Crippen molar-refractivity contribution in [2.24, 2.45) is 5.73 Å². The number of benzene rings is 1. The Hall–Kier alpha value is -1.15. The molecule has 21 heavy (non-hydrogen) atoms. The first-order chi connectivity index (χ1) is 10.1. The highest BCUT2D eigenvalue weighted by atomic mass is 32.2. The standard InChI is InChI=1S/C14H22N2O4S/c1-2-20-14-4-3-13(9-11(14)10-15)21(17,18)16-12-5-7-19-8-6-12/h3-4,9,12,16H,2,5-8,10,15H2,1H3. The first-order valence-electron chi connectivity index (χ1n) is 7.12. The molecule has 1 aromatic rings. The fourth-order valence-electron chi connectivity index (χ4n) is 2.28. The summed E-state index contributed by atoms with van der Waals surface area (Å²) in [6.45, 7) is 3.79. The van der Waals surface area contributed by atoms with Crippen LogP contribution in [0.25, 0.3) is 0 Å². The van der Waals surface area contributed by atoms with E-state index in [4.69, 9.17) is 15.2 Å². The third-order valence-electron chi connectivity index (χ3n) is 3.41. The van der Waals surface area contributed by atoms with Crippen molar-refractivity contribution in [3.63, 3.8) is 0 Å². The summed E-state index contributed by atoms with van der Waals surface area (Å²) in [7, 11) is -3.54. The molecular formula is C14H22N2O4S. The van der Waals surface area contributed by atoms with E-state index in [1.807, 2.05) is 6.92 Å². The van der Waals surface area contributed by atoms with Gasteiger partial charge in [0.25, 0.3) is 0 Å². The average Bonchev–Trinajstić information content (AvgIpc) is 2.48. The molecule has 1 aromatic carbocycles. The predicted octanol–water partition coefficient (Wildman–Crippen LogP) is 1.00. The van der Waals surface area contributed by atoms with Crippen LogP contribution in [0.1, 0.15) is 25.3 Å². The number of nitrogens with two attached hydrogens (primary N) is 1. The van der Waals surface area contributed by atoms with Crippen molar-refractivity contribution in [3.8, 4) is 5.75 Å². The number of nitrogens with one attached hydrogen (secondary N) is 1. The first kappa shape index (κ1) is 16.2. The maximum Gasteiger partial charge on any atom is 0.240 e. The minimum atomic E-state index is -3.54. The van der Waals surface area contributed by atoms with Crippen molar-refractivity contribution in [2.75, 3.05) is 19.8 Å². The number of ether oxygens (including phenoxy) is 2. The van der Waals surface area contributed by atoms with Crippen LogP contribution in [-0.2, 0) is 21.3 Å². The van der Waals surface area contributed by atoms with Crippen LogP contribution >= 0.6 is 0 Å². The summed E-state index contributed by atoms with van der Waals surface area (Å²) in [6, 6.07) is 4.71. The minimum absolute atomic E-state index is 0.0726. The van der Waals surface area contributed by atoms with E-state index in [0.29, 0.717) is 44.0 Å². The molecule has 0 spiro atoms. The van der Waals surface area contributed by atoms with Crippen LogP contribution in [0.5, 0.6) is 5.75 Å². The fraction of sp³-hybridized carbons (Fsp3) is 0.571. The monoisotopic (exact) mass is 314 g/mol. The molecule has 0 radical (unpaired) electrons. The molecule has 0 aliphatic carbocycles. The SMILES string of the molecule is CCOc1ccc(S(=O)(=O)NC2CCOCC2)cc1CN. The van der Waals surface area contributed by atoms with Gasteiger partial charge in [-0.15, -0.1) is 0 Å². The molecule has 0 atom stereocenters. The molecule has 3 N–H and O–H groups in total. The summed E-state index contributed by atoms with van der Waals surface area (Å²) < 4.78 is 38.2. The van der Waals surface area contributed by atoms with Gasteiger partial charge in [-0.1, -0.05) is 0 Å². The van der Waals surface area contributed by atoms with Crippen LogP contribution in [0.15, 0.2) is 23.1 Å². The highest BCUT2D eigenvalue weighted by Crippen LogP contribution is 2.23. The molecule has 1 fully saturated rings. The van der Waals surface area contributed by atoms with Crippen LogP contribution < -0.4 is 15.2 Å². The van der Waals surface area contributed by atoms with Crippen molar-refractivity contribution >= 4 is 10.0 Å². The van der Waals surface area contributed by atoms with Crippen molar-refractivity contribution in [2.45, 2.75) is 37.2 Å². The average molecular weight is 314 g/mol. The van der Waals surface area contributed by atoms with Crippen LogP contribution in [0, 0.1) is 0 Å². The molecule has 118 valence electrons. The zero-order valence-electron chi connectivity index (χ0n) is 12.2. The van der Waals surface area contributed by atoms with E-state index in [9.17, 15) is 8.42 Å². The smallest absolute Gasteiger partial charge is 0.240 e. The number of hydrogen-bond donors (Lipinski definition) is 2. The largest absolute Gasteiger partial charge is 0.494 e. The molecule has 1 aliphatic rings. The van der Waals surface area contributed by atoms with Crippen LogP contribution in [0.2, 0.25) is 0 Å². The van der Waals surface area contributed by atoms with Gasteiger partial charge in [-0.3, -0.25) is 0 Å². The van der Waals surface area contributed by atoms with Gasteiger partial charge < -0.3 is 15.2 Å². The van der Waals surface area contributed by atoms with Gasteiger partial charge in [0.1, 0.15) is 5.75 Å². The molecule has 0 bridgehead atoms. The molecule has 7 heteroatoms. The van der Waals surface area contributed by atoms with E-state index in [1.165, 1.54) is 0 Å².